The Labute approximate surface area is 149 Å². The van der Waals surface area contributed by atoms with Gasteiger partial charge in [-0.2, -0.15) is 4.31 Å². The molecule has 1 aromatic heterocycles. The van der Waals surface area contributed by atoms with Gasteiger partial charge >= 0.3 is 0 Å². The smallest absolute Gasteiger partial charge is 0.244 e. The van der Waals surface area contributed by atoms with Gasteiger partial charge in [0.25, 0.3) is 0 Å². The molecule has 7 nitrogen and oxygen atoms in total. The van der Waals surface area contributed by atoms with Crippen LogP contribution in [0, 0.1) is 17.8 Å². The Balaban J connectivity index is 1.83. The van der Waals surface area contributed by atoms with Gasteiger partial charge in [-0.25, -0.2) is 8.42 Å². The van der Waals surface area contributed by atoms with Crippen LogP contribution < -0.4 is 5.32 Å². The SMILES string of the molecule is CNC(=O)[C@@H]1CN(S(=O)(=O)c2cccnc2)C[C@H]1C1CCN(C)CC1. The quantitative estimate of drug-likeness (QED) is 0.834. The Bertz CT molecular complexity index is 702. The van der Waals surface area contributed by atoms with Gasteiger partial charge in [0.05, 0.1) is 5.92 Å². The Morgan fingerprint density at radius 2 is 2.00 bits per heavy atom. The Kier molecular flexibility index (Phi) is 5.41. The number of piperidine rings is 1. The number of carbonyl (C=O) groups is 1. The van der Waals surface area contributed by atoms with Gasteiger partial charge in [-0.15, -0.1) is 0 Å². The molecule has 0 spiro atoms. The molecule has 25 heavy (non-hydrogen) atoms. The molecule has 2 saturated heterocycles. The van der Waals surface area contributed by atoms with E-state index in [1.807, 2.05) is 0 Å². The second-order valence-electron chi connectivity index (χ2n) is 7.04. The van der Waals surface area contributed by atoms with Crippen molar-refractivity contribution in [2.75, 3.05) is 40.3 Å². The third-order valence-electron chi connectivity index (χ3n) is 5.56. The third kappa shape index (κ3) is 3.70. The molecular formula is C17H26N4O3S. The minimum absolute atomic E-state index is 0.0622. The van der Waals surface area contributed by atoms with Crippen LogP contribution in [0.25, 0.3) is 0 Å². The van der Waals surface area contributed by atoms with Crippen LogP contribution in [0.2, 0.25) is 0 Å². The second-order valence-corrected chi connectivity index (χ2v) is 8.97. The van der Waals surface area contributed by atoms with E-state index in [1.165, 1.54) is 10.5 Å². The predicted octanol–water partition coefficient (Wildman–Crippen LogP) is 0.406. The summed E-state index contributed by atoms with van der Waals surface area (Å²) in [6.45, 7) is 2.64. The summed E-state index contributed by atoms with van der Waals surface area (Å²) in [6.07, 6.45) is 4.94. The number of amides is 1. The normalized spacial score (nSPS) is 26.6. The van der Waals surface area contributed by atoms with Crippen molar-refractivity contribution < 1.29 is 13.2 Å². The largest absolute Gasteiger partial charge is 0.359 e. The summed E-state index contributed by atoms with van der Waals surface area (Å²) in [5, 5.41) is 2.71. The molecule has 8 heteroatoms. The van der Waals surface area contributed by atoms with Crippen LogP contribution >= 0.6 is 0 Å². The van der Waals surface area contributed by atoms with E-state index in [1.54, 1.807) is 25.4 Å². The lowest BCUT2D eigenvalue weighted by molar-refractivity contribution is -0.125. The number of nitrogens with zero attached hydrogens (tertiary/aromatic N) is 3. The number of likely N-dealkylation sites (tertiary alicyclic amines) is 1. The fraction of sp³-hybridized carbons (Fsp3) is 0.647. The van der Waals surface area contributed by atoms with Crippen molar-refractivity contribution in [1.82, 2.24) is 19.5 Å². The van der Waals surface area contributed by atoms with E-state index in [0.29, 0.717) is 12.5 Å². The highest BCUT2D eigenvalue weighted by Gasteiger charge is 2.45. The molecule has 0 saturated carbocycles. The highest BCUT2D eigenvalue weighted by Crippen LogP contribution is 2.37. The van der Waals surface area contributed by atoms with Crippen LogP contribution in [0.1, 0.15) is 12.8 Å². The van der Waals surface area contributed by atoms with Crippen LogP contribution in [0.4, 0.5) is 0 Å². The molecule has 2 aliphatic rings. The van der Waals surface area contributed by atoms with Crippen LogP contribution in [0.5, 0.6) is 0 Å². The summed E-state index contributed by atoms with van der Waals surface area (Å²) in [6, 6.07) is 3.17. The molecule has 1 amide bonds. The van der Waals surface area contributed by atoms with E-state index < -0.39 is 10.0 Å². The van der Waals surface area contributed by atoms with Crippen molar-refractivity contribution in [3.05, 3.63) is 24.5 Å². The summed E-state index contributed by atoms with van der Waals surface area (Å²) in [7, 11) is 0.0996. The summed E-state index contributed by atoms with van der Waals surface area (Å²) in [5.74, 6) is 0.102. The van der Waals surface area contributed by atoms with Crippen molar-refractivity contribution in [3.8, 4) is 0 Å². The standard InChI is InChI=1S/C17H26N4O3S/c1-18-17(22)16-12-21(25(23,24)14-4-3-7-19-10-14)11-15(16)13-5-8-20(2)9-6-13/h3-4,7,10,13,15-16H,5-6,8-9,11-12H2,1-2H3,(H,18,22)/t15-,16+/m0/s1. The molecule has 0 unspecified atom stereocenters. The molecule has 3 rings (SSSR count). The third-order valence-corrected chi connectivity index (χ3v) is 7.37. The molecule has 2 aliphatic heterocycles. The minimum Gasteiger partial charge on any atom is -0.359 e. The molecule has 0 bridgehead atoms. The summed E-state index contributed by atoms with van der Waals surface area (Å²) in [5.41, 5.74) is 0. The molecule has 2 fully saturated rings. The number of pyridine rings is 1. The van der Waals surface area contributed by atoms with Gasteiger partial charge in [0.1, 0.15) is 4.90 Å². The van der Waals surface area contributed by atoms with Gasteiger partial charge in [0.2, 0.25) is 15.9 Å². The first-order chi connectivity index (χ1) is 11.9. The predicted molar refractivity (Wildman–Crippen MR) is 94.3 cm³/mol. The van der Waals surface area contributed by atoms with Crippen LogP contribution in [0.3, 0.4) is 0 Å². The summed E-state index contributed by atoms with van der Waals surface area (Å²) >= 11 is 0. The number of rotatable bonds is 4. The lowest BCUT2D eigenvalue weighted by atomic mass is 9.78. The zero-order chi connectivity index (χ0) is 18.0. The van der Waals surface area contributed by atoms with E-state index in [-0.39, 0.29) is 29.2 Å². The van der Waals surface area contributed by atoms with Crippen LogP contribution in [0.15, 0.2) is 29.4 Å². The first kappa shape index (κ1) is 18.3. The van der Waals surface area contributed by atoms with Crippen LogP contribution in [-0.2, 0) is 14.8 Å². The second kappa shape index (κ2) is 7.39. The van der Waals surface area contributed by atoms with Gasteiger partial charge < -0.3 is 10.2 Å². The zero-order valence-corrected chi connectivity index (χ0v) is 15.6. The Morgan fingerprint density at radius 1 is 1.28 bits per heavy atom. The van der Waals surface area contributed by atoms with E-state index in [2.05, 4.69) is 22.2 Å². The highest BCUT2D eigenvalue weighted by atomic mass is 32.2. The van der Waals surface area contributed by atoms with Gasteiger partial charge in [0, 0.05) is 32.5 Å². The van der Waals surface area contributed by atoms with E-state index in [0.717, 1.165) is 25.9 Å². The van der Waals surface area contributed by atoms with Crippen LogP contribution in [-0.4, -0.2) is 68.8 Å². The maximum atomic E-state index is 12.9. The van der Waals surface area contributed by atoms with Gasteiger partial charge in [-0.05, 0) is 56.9 Å². The topological polar surface area (TPSA) is 82.6 Å². The van der Waals surface area contributed by atoms with Gasteiger partial charge in [-0.3, -0.25) is 9.78 Å². The van der Waals surface area contributed by atoms with Gasteiger partial charge in [-0.1, -0.05) is 0 Å². The monoisotopic (exact) mass is 366 g/mol. The number of carbonyl (C=O) groups excluding carboxylic acids is 1. The average Bonchev–Trinajstić information content (AvgIpc) is 3.08. The fourth-order valence-electron chi connectivity index (χ4n) is 4.03. The number of hydrogen-bond donors (Lipinski definition) is 1. The number of sulfonamides is 1. The summed E-state index contributed by atoms with van der Waals surface area (Å²) < 4.78 is 27.3. The van der Waals surface area contributed by atoms with Crippen molar-refractivity contribution in [1.29, 1.82) is 0 Å². The number of aromatic nitrogens is 1. The van der Waals surface area contributed by atoms with Crippen molar-refractivity contribution in [3.63, 3.8) is 0 Å². The molecule has 138 valence electrons. The number of nitrogens with one attached hydrogen (secondary N) is 1. The Hall–Kier alpha value is -1.51. The first-order valence-corrected chi connectivity index (χ1v) is 10.2. The Morgan fingerprint density at radius 3 is 2.60 bits per heavy atom. The molecule has 3 heterocycles. The highest BCUT2D eigenvalue weighted by molar-refractivity contribution is 7.89. The van der Waals surface area contributed by atoms with E-state index >= 15 is 0 Å². The molecule has 1 aromatic rings. The molecule has 0 aromatic carbocycles. The number of hydrogen-bond acceptors (Lipinski definition) is 5. The van der Waals surface area contributed by atoms with Crippen molar-refractivity contribution in [2.24, 2.45) is 17.8 Å². The average molecular weight is 366 g/mol. The molecular weight excluding hydrogens is 340 g/mol. The van der Waals surface area contributed by atoms with Gasteiger partial charge in [0.15, 0.2) is 0 Å². The molecule has 0 radical (unpaired) electrons. The maximum Gasteiger partial charge on any atom is 0.244 e. The maximum absolute atomic E-state index is 12.9. The van der Waals surface area contributed by atoms with Crippen molar-refractivity contribution in [2.45, 2.75) is 17.7 Å². The van der Waals surface area contributed by atoms with E-state index in [4.69, 9.17) is 0 Å². The lowest BCUT2D eigenvalue weighted by Gasteiger charge is -2.34. The zero-order valence-electron chi connectivity index (χ0n) is 14.8. The minimum atomic E-state index is -3.62. The lowest BCUT2D eigenvalue weighted by Crippen LogP contribution is -2.39. The molecule has 1 N–H and O–H groups in total. The van der Waals surface area contributed by atoms with Crippen molar-refractivity contribution >= 4 is 15.9 Å². The van der Waals surface area contributed by atoms with E-state index in [9.17, 15) is 13.2 Å². The fourth-order valence-corrected chi connectivity index (χ4v) is 5.50. The first-order valence-electron chi connectivity index (χ1n) is 8.74. The molecule has 0 aliphatic carbocycles. The summed E-state index contributed by atoms with van der Waals surface area (Å²) in [4.78, 5) is 18.8. The molecule has 2 atom stereocenters.